The van der Waals surface area contributed by atoms with Crippen LogP contribution in [-0.2, 0) is 0 Å². The van der Waals surface area contributed by atoms with E-state index < -0.39 is 6.23 Å². The molecule has 9 rings (SSSR count). The SMILES string of the molecule is N#Cc1cc(C#N)cc(-c2ccc3c4ccccc4n(-c4cccc5c4C(=O)N(c4ccc(-c6ccccc6)cc4-c4ccccc4)C5O)c3c2)c1. The van der Waals surface area contributed by atoms with Crippen molar-refractivity contribution in [3.05, 3.63) is 180 Å². The van der Waals surface area contributed by atoms with Crippen molar-refractivity contribution >= 4 is 33.4 Å². The van der Waals surface area contributed by atoms with Crippen molar-refractivity contribution in [3.63, 3.8) is 0 Å². The lowest BCUT2D eigenvalue weighted by molar-refractivity contribution is 0.0935. The van der Waals surface area contributed by atoms with Crippen LogP contribution in [0.5, 0.6) is 0 Å². The summed E-state index contributed by atoms with van der Waals surface area (Å²) in [5.41, 5.74) is 10.2. The van der Waals surface area contributed by atoms with Gasteiger partial charge in [0, 0.05) is 21.9 Å². The third-order valence-corrected chi connectivity index (χ3v) is 9.92. The van der Waals surface area contributed by atoms with Gasteiger partial charge in [0.2, 0.25) is 0 Å². The Morgan fingerprint density at radius 3 is 1.88 bits per heavy atom. The minimum Gasteiger partial charge on any atom is -0.369 e. The van der Waals surface area contributed by atoms with Gasteiger partial charge in [0.1, 0.15) is 0 Å². The van der Waals surface area contributed by atoms with E-state index in [2.05, 4.69) is 41.0 Å². The number of anilines is 1. The van der Waals surface area contributed by atoms with E-state index in [-0.39, 0.29) is 5.91 Å². The van der Waals surface area contributed by atoms with Crippen molar-refractivity contribution in [1.82, 2.24) is 4.57 Å². The molecule has 7 aromatic carbocycles. The fourth-order valence-corrected chi connectivity index (χ4v) is 7.54. The van der Waals surface area contributed by atoms with Gasteiger partial charge in [-0.15, -0.1) is 0 Å². The van der Waals surface area contributed by atoms with Crippen LogP contribution >= 0.6 is 0 Å². The van der Waals surface area contributed by atoms with Crippen LogP contribution < -0.4 is 4.90 Å². The largest absolute Gasteiger partial charge is 0.369 e. The number of nitrogens with zero attached hydrogens (tertiary/aromatic N) is 4. The highest BCUT2D eigenvalue weighted by molar-refractivity contribution is 6.17. The van der Waals surface area contributed by atoms with Crippen LogP contribution in [0.2, 0.25) is 0 Å². The second kappa shape index (κ2) is 12.3. The third kappa shape index (κ3) is 4.87. The van der Waals surface area contributed by atoms with E-state index in [1.165, 1.54) is 4.90 Å². The summed E-state index contributed by atoms with van der Waals surface area (Å²) in [4.78, 5) is 16.4. The fourth-order valence-electron chi connectivity index (χ4n) is 7.54. The Morgan fingerprint density at radius 2 is 1.15 bits per heavy atom. The van der Waals surface area contributed by atoms with Crippen molar-refractivity contribution in [2.75, 3.05) is 4.90 Å². The lowest BCUT2D eigenvalue weighted by Crippen LogP contribution is -2.28. The Hall–Kier alpha value is -7.25. The number of hydrogen-bond donors (Lipinski definition) is 1. The first-order valence-electron chi connectivity index (χ1n) is 16.9. The van der Waals surface area contributed by atoms with E-state index in [0.717, 1.165) is 55.2 Å². The van der Waals surface area contributed by atoms with Crippen LogP contribution in [0.1, 0.15) is 33.3 Å². The maximum atomic E-state index is 14.9. The van der Waals surface area contributed by atoms with Crippen molar-refractivity contribution in [3.8, 4) is 51.2 Å². The lowest BCUT2D eigenvalue weighted by atomic mass is 9.96. The summed E-state index contributed by atoms with van der Waals surface area (Å²) in [6, 6.07) is 55.2. The highest BCUT2D eigenvalue weighted by Gasteiger charge is 2.40. The van der Waals surface area contributed by atoms with E-state index in [9.17, 15) is 20.4 Å². The van der Waals surface area contributed by atoms with Crippen LogP contribution in [0.4, 0.5) is 5.69 Å². The molecule has 1 atom stereocenters. The molecule has 6 nitrogen and oxygen atoms in total. The van der Waals surface area contributed by atoms with E-state index in [4.69, 9.17) is 0 Å². The highest BCUT2D eigenvalue weighted by Crippen LogP contribution is 2.45. The Morgan fingerprint density at radius 1 is 0.519 bits per heavy atom. The first-order valence-corrected chi connectivity index (χ1v) is 16.9. The van der Waals surface area contributed by atoms with Crippen LogP contribution in [0.25, 0.3) is 60.9 Å². The van der Waals surface area contributed by atoms with Crippen LogP contribution in [0, 0.1) is 22.7 Å². The first-order chi connectivity index (χ1) is 25.5. The predicted octanol–water partition coefficient (Wildman–Crippen LogP) is 10.2. The molecule has 1 amide bonds. The molecule has 0 fully saturated rings. The second-order valence-electron chi connectivity index (χ2n) is 12.9. The van der Waals surface area contributed by atoms with Gasteiger partial charge < -0.3 is 9.67 Å². The van der Waals surface area contributed by atoms with Crippen molar-refractivity contribution in [2.24, 2.45) is 0 Å². The zero-order valence-electron chi connectivity index (χ0n) is 27.7. The molecular weight excluding hydrogens is 641 g/mol. The standard InChI is InChI=1S/C46H28N4O2/c47-27-29-22-30(28-48)24-35(23-29)34-18-20-37-36-14-7-8-16-40(36)49(43(37)26-34)42-17-9-15-38-44(42)46(52)50(45(38)51)41-21-19-33(31-10-3-1-4-11-31)25-39(41)32-12-5-2-6-13-32/h1-26,45,51H. The zero-order valence-corrected chi connectivity index (χ0v) is 27.7. The fraction of sp³-hybridized carbons (Fsp3) is 0.0217. The number of carbonyl (C=O) groups is 1. The number of hydrogen-bond acceptors (Lipinski definition) is 4. The van der Waals surface area contributed by atoms with Gasteiger partial charge in [0.25, 0.3) is 5.91 Å². The zero-order chi connectivity index (χ0) is 35.3. The summed E-state index contributed by atoms with van der Waals surface area (Å²) in [5.74, 6) is -0.301. The number of nitriles is 2. The number of fused-ring (bicyclic) bond motifs is 4. The summed E-state index contributed by atoms with van der Waals surface area (Å²) in [6.45, 7) is 0. The molecule has 0 bridgehead atoms. The van der Waals surface area contributed by atoms with Crippen molar-refractivity contribution in [1.29, 1.82) is 10.5 Å². The Bertz CT molecular complexity index is 2780. The maximum Gasteiger partial charge on any atom is 0.263 e. The van der Waals surface area contributed by atoms with Gasteiger partial charge >= 0.3 is 0 Å². The molecule has 1 N–H and O–H groups in total. The van der Waals surface area contributed by atoms with Gasteiger partial charge in [0.05, 0.1) is 51.2 Å². The van der Waals surface area contributed by atoms with E-state index in [1.54, 1.807) is 18.2 Å². The number of amides is 1. The van der Waals surface area contributed by atoms with Gasteiger partial charge in [-0.3, -0.25) is 9.69 Å². The van der Waals surface area contributed by atoms with E-state index in [0.29, 0.717) is 33.6 Å². The molecular formula is C46H28N4O2. The van der Waals surface area contributed by atoms with Crippen molar-refractivity contribution < 1.29 is 9.90 Å². The van der Waals surface area contributed by atoms with E-state index in [1.807, 2.05) is 115 Å². The summed E-state index contributed by atoms with van der Waals surface area (Å²) in [5, 5.41) is 33.3. The molecule has 0 radical (unpaired) electrons. The highest BCUT2D eigenvalue weighted by atomic mass is 16.3. The quantitative estimate of drug-likeness (QED) is 0.198. The number of benzene rings is 7. The molecule has 52 heavy (non-hydrogen) atoms. The molecule has 244 valence electrons. The average Bonchev–Trinajstić information content (AvgIpc) is 3.67. The van der Waals surface area contributed by atoms with Crippen LogP contribution in [-0.4, -0.2) is 15.6 Å². The third-order valence-electron chi connectivity index (χ3n) is 9.92. The minimum absolute atomic E-state index is 0.301. The van der Waals surface area contributed by atoms with Gasteiger partial charge in [-0.1, -0.05) is 109 Å². The van der Waals surface area contributed by atoms with Crippen LogP contribution in [0.3, 0.4) is 0 Å². The summed E-state index contributed by atoms with van der Waals surface area (Å²) in [6.07, 6.45) is -1.21. The molecule has 1 aliphatic heterocycles. The molecule has 2 heterocycles. The van der Waals surface area contributed by atoms with Crippen molar-refractivity contribution in [2.45, 2.75) is 6.23 Å². The summed E-state index contributed by atoms with van der Waals surface area (Å²) >= 11 is 0. The molecule has 0 saturated heterocycles. The smallest absolute Gasteiger partial charge is 0.263 e. The Kier molecular flexibility index (Phi) is 7.26. The maximum absolute atomic E-state index is 14.9. The first kappa shape index (κ1) is 30.8. The molecule has 1 unspecified atom stereocenters. The van der Waals surface area contributed by atoms with Gasteiger partial charge in [-0.2, -0.15) is 10.5 Å². The number of rotatable bonds is 5. The molecule has 1 aliphatic rings. The number of para-hydroxylation sites is 1. The predicted molar refractivity (Wildman–Crippen MR) is 205 cm³/mol. The molecule has 0 spiro atoms. The monoisotopic (exact) mass is 668 g/mol. The molecule has 6 heteroatoms. The van der Waals surface area contributed by atoms with Gasteiger partial charge in [0.15, 0.2) is 6.23 Å². The van der Waals surface area contributed by atoms with E-state index >= 15 is 0 Å². The van der Waals surface area contributed by atoms with Gasteiger partial charge in [-0.25, -0.2) is 0 Å². The number of aromatic nitrogens is 1. The number of aliphatic hydroxyl groups excluding tert-OH is 1. The number of carbonyl (C=O) groups excluding carboxylic acids is 1. The molecule has 0 saturated carbocycles. The Balaban J connectivity index is 1.23. The molecule has 0 aliphatic carbocycles. The van der Waals surface area contributed by atoms with Gasteiger partial charge in [-0.05, 0) is 76.3 Å². The average molecular weight is 669 g/mol. The molecule has 8 aromatic rings. The topological polar surface area (TPSA) is 93.0 Å². The molecule has 1 aromatic heterocycles. The Labute approximate surface area is 299 Å². The normalized spacial score (nSPS) is 13.6. The van der Waals surface area contributed by atoms with Crippen LogP contribution in [0.15, 0.2) is 158 Å². The lowest BCUT2D eigenvalue weighted by Gasteiger charge is -2.25. The minimum atomic E-state index is -1.21. The second-order valence-corrected chi connectivity index (χ2v) is 12.9. The summed E-state index contributed by atoms with van der Waals surface area (Å²) < 4.78 is 2.08. The number of aliphatic hydroxyl groups is 1. The summed E-state index contributed by atoms with van der Waals surface area (Å²) in [7, 11) is 0.